The molecule has 2 heterocycles. The van der Waals surface area contributed by atoms with Crippen LogP contribution in [0, 0.1) is 6.92 Å². The normalized spacial score (nSPS) is 17.7. The summed E-state index contributed by atoms with van der Waals surface area (Å²) in [6.07, 6.45) is 2.93. The lowest BCUT2D eigenvalue weighted by Crippen LogP contribution is -2.29. The lowest BCUT2D eigenvalue weighted by atomic mass is 10.2. The second-order valence-electron chi connectivity index (χ2n) is 8.05. The van der Waals surface area contributed by atoms with Gasteiger partial charge in [-0.3, -0.25) is 0 Å². The van der Waals surface area contributed by atoms with Gasteiger partial charge in [-0.05, 0) is 69.2 Å². The number of methoxy groups -OCH3 is 1. The lowest BCUT2D eigenvalue weighted by molar-refractivity contribution is 0.242. The van der Waals surface area contributed by atoms with E-state index in [1.807, 2.05) is 26.0 Å². The summed E-state index contributed by atoms with van der Waals surface area (Å²) in [5, 5.41) is 1.16. The zero-order chi connectivity index (χ0) is 21.5. The van der Waals surface area contributed by atoms with Gasteiger partial charge in [-0.1, -0.05) is 0 Å². The molecule has 0 saturated carbocycles. The molecule has 0 unspecified atom stereocenters. The Morgan fingerprint density at radius 1 is 1.07 bits per heavy atom. The Bertz CT molecular complexity index is 1150. The number of ether oxygens (including phenoxy) is 2. The first-order valence-electron chi connectivity index (χ1n) is 10.2. The molecule has 0 aliphatic carbocycles. The van der Waals surface area contributed by atoms with E-state index in [1.54, 1.807) is 35.7 Å². The fourth-order valence-corrected chi connectivity index (χ4v) is 5.60. The maximum Gasteiger partial charge on any atom is 0.243 e. The number of fused-ring (bicyclic) bond motifs is 1. The molecular formula is C23H28N2O4S. The molecule has 2 aromatic carbocycles. The first kappa shape index (κ1) is 20.8. The second-order valence-corrected chi connectivity index (χ2v) is 9.98. The smallest absolute Gasteiger partial charge is 0.243 e. The van der Waals surface area contributed by atoms with Gasteiger partial charge in [-0.2, -0.15) is 4.31 Å². The van der Waals surface area contributed by atoms with Crippen molar-refractivity contribution in [1.29, 1.82) is 0 Å². The van der Waals surface area contributed by atoms with E-state index in [2.05, 4.69) is 23.8 Å². The molecule has 1 aliphatic rings. The van der Waals surface area contributed by atoms with Gasteiger partial charge in [0.25, 0.3) is 0 Å². The van der Waals surface area contributed by atoms with E-state index in [-0.39, 0.29) is 12.1 Å². The highest BCUT2D eigenvalue weighted by Gasteiger charge is 2.34. The number of nitrogens with zero attached hydrogens (tertiary/aromatic N) is 2. The maximum absolute atomic E-state index is 13.2. The van der Waals surface area contributed by atoms with Gasteiger partial charge < -0.3 is 14.0 Å². The van der Waals surface area contributed by atoms with E-state index in [1.165, 1.54) is 5.56 Å². The molecule has 0 spiro atoms. The number of benzene rings is 2. The molecule has 30 heavy (non-hydrogen) atoms. The van der Waals surface area contributed by atoms with Gasteiger partial charge in [0.2, 0.25) is 10.0 Å². The monoisotopic (exact) mass is 428 g/mol. The number of hydrogen-bond donors (Lipinski definition) is 0. The average Bonchev–Trinajstić information content (AvgIpc) is 3.33. The summed E-state index contributed by atoms with van der Waals surface area (Å²) in [4.78, 5) is 0.300. The van der Waals surface area contributed by atoms with Crippen molar-refractivity contribution in [2.24, 2.45) is 0 Å². The Balaban J connectivity index is 1.57. The second kappa shape index (κ2) is 7.96. The van der Waals surface area contributed by atoms with E-state index in [9.17, 15) is 8.42 Å². The third-order valence-electron chi connectivity index (χ3n) is 5.59. The molecule has 1 saturated heterocycles. The summed E-state index contributed by atoms with van der Waals surface area (Å²) in [6.45, 7) is 6.91. The van der Waals surface area contributed by atoms with Crippen molar-refractivity contribution < 1.29 is 17.9 Å². The molecular weight excluding hydrogens is 400 g/mol. The Kier molecular flexibility index (Phi) is 5.51. The van der Waals surface area contributed by atoms with E-state index in [0.717, 1.165) is 23.1 Å². The molecule has 0 radical (unpaired) electrons. The molecule has 0 amide bonds. The van der Waals surface area contributed by atoms with Crippen molar-refractivity contribution in [1.82, 2.24) is 8.87 Å². The van der Waals surface area contributed by atoms with Crippen LogP contribution in [0.1, 0.15) is 31.9 Å². The summed E-state index contributed by atoms with van der Waals surface area (Å²) in [6, 6.07) is 12.8. The van der Waals surface area contributed by atoms with Crippen molar-refractivity contribution in [2.75, 3.05) is 20.2 Å². The Labute approximate surface area is 178 Å². The minimum atomic E-state index is -3.54. The number of aromatic nitrogens is 1. The van der Waals surface area contributed by atoms with E-state index in [4.69, 9.17) is 9.47 Å². The van der Waals surface area contributed by atoms with Gasteiger partial charge in [0, 0.05) is 36.8 Å². The molecule has 6 nitrogen and oxygen atoms in total. The van der Waals surface area contributed by atoms with E-state index in [0.29, 0.717) is 23.7 Å². The van der Waals surface area contributed by atoms with Crippen LogP contribution < -0.4 is 9.47 Å². The summed E-state index contributed by atoms with van der Waals surface area (Å²) >= 11 is 0. The number of hydrogen-bond acceptors (Lipinski definition) is 4. The molecule has 7 heteroatoms. The maximum atomic E-state index is 13.2. The summed E-state index contributed by atoms with van der Waals surface area (Å²) in [5.41, 5.74) is 2.25. The van der Waals surface area contributed by atoms with Crippen LogP contribution in [0.2, 0.25) is 0 Å². The highest BCUT2D eigenvalue weighted by Crippen LogP contribution is 2.33. The predicted octanol–water partition coefficient (Wildman–Crippen LogP) is 4.38. The zero-order valence-electron chi connectivity index (χ0n) is 17.8. The molecule has 1 aromatic heterocycles. The van der Waals surface area contributed by atoms with Crippen LogP contribution in [-0.4, -0.2) is 43.6 Å². The standard InChI is InChI=1S/C23H28N2O4S/c1-16(2)29-19-5-8-21(9-6-19)30(26,27)24-12-11-18(15-24)25-14-17(3)22-10-7-20(28-4)13-23(22)25/h5-10,13-14,16,18H,11-12,15H2,1-4H3/t18-/m1/s1. The third-order valence-corrected chi connectivity index (χ3v) is 7.47. The molecule has 0 bridgehead atoms. The van der Waals surface area contributed by atoms with Crippen LogP contribution >= 0.6 is 0 Å². The quantitative estimate of drug-likeness (QED) is 0.585. The van der Waals surface area contributed by atoms with Crippen LogP contribution in [0.3, 0.4) is 0 Å². The number of sulfonamides is 1. The fraction of sp³-hybridized carbons (Fsp3) is 0.391. The largest absolute Gasteiger partial charge is 0.497 e. The molecule has 1 atom stereocenters. The highest BCUT2D eigenvalue weighted by molar-refractivity contribution is 7.89. The average molecular weight is 429 g/mol. The SMILES string of the molecule is COc1ccc2c(C)cn([C@@H]3CCN(S(=O)(=O)c4ccc(OC(C)C)cc4)C3)c2c1. The zero-order valence-corrected chi connectivity index (χ0v) is 18.6. The van der Waals surface area contributed by atoms with Crippen molar-refractivity contribution in [3.8, 4) is 11.5 Å². The first-order valence-corrected chi connectivity index (χ1v) is 11.7. The van der Waals surface area contributed by atoms with Crippen LogP contribution in [0.15, 0.2) is 53.6 Å². The van der Waals surface area contributed by atoms with Gasteiger partial charge in [-0.25, -0.2) is 8.42 Å². The fourth-order valence-electron chi connectivity index (χ4n) is 4.10. The molecule has 1 aliphatic heterocycles. The van der Waals surface area contributed by atoms with Crippen LogP contribution in [0.25, 0.3) is 10.9 Å². The molecule has 3 aromatic rings. The van der Waals surface area contributed by atoms with Crippen molar-refractivity contribution >= 4 is 20.9 Å². The Morgan fingerprint density at radius 3 is 2.43 bits per heavy atom. The predicted molar refractivity (Wildman–Crippen MR) is 118 cm³/mol. The Hall–Kier alpha value is -2.51. The molecule has 160 valence electrons. The lowest BCUT2D eigenvalue weighted by Gasteiger charge is -2.18. The van der Waals surface area contributed by atoms with E-state index >= 15 is 0 Å². The third kappa shape index (κ3) is 3.79. The van der Waals surface area contributed by atoms with Crippen LogP contribution in [0.5, 0.6) is 11.5 Å². The first-order chi connectivity index (χ1) is 14.3. The summed E-state index contributed by atoms with van der Waals surface area (Å²) in [7, 11) is -1.89. The van der Waals surface area contributed by atoms with Gasteiger partial charge in [0.1, 0.15) is 11.5 Å². The van der Waals surface area contributed by atoms with Gasteiger partial charge in [-0.15, -0.1) is 0 Å². The van der Waals surface area contributed by atoms with E-state index < -0.39 is 10.0 Å². The van der Waals surface area contributed by atoms with Gasteiger partial charge in [0.15, 0.2) is 0 Å². The Morgan fingerprint density at radius 2 is 1.77 bits per heavy atom. The van der Waals surface area contributed by atoms with Crippen LogP contribution in [0.4, 0.5) is 0 Å². The molecule has 1 fully saturated rings. The minimum Gasteiger partial charge on any atom is -0.497 e. The number of aryl methyl sites for hydroxylation is 1. The van der Waals surface area contributed by atoms with Crippen LogP contribution in [-0.2, 0) is 10.0 Å². The summed E-state index contributed by atoms with van der Waals surface area (Å²) in [5.74, 6) is 1.47. The molecule has 4 rings (SSSR count). The summed E-state index contributed by atoms with van der Waals surface area (Å²) < 4.78 is 41.1. The van der Waals surface area contributed by atoms with Crippen molar-refractivity contribution in [3.63, 3.8) is 0 Å². The highest BCUT2D eigenvalue weighted by atomic mass is 32.2. The van der Waals surface area contributed by atoms with Gasteiger partial charge >= 0.3 is 0 Å². The van der Waals surface area contributed by atoms with Gasteiger partial charge in [0.05, 0.1) is 23.6 Å². The molecule has 0 N–H and O–H groups in total. The number of rotatable bonds is 6. The van der Waals surface area contributed by atoms with Crippen molar-refractivity contribution in [3.05, 3.63) is 54.2 Å². The minimum absolute atomic E-state index is 0.0465. The topological polar surface area (TPSA) is 60.8 Å². The van der Waals surface area contributed by atoms with Crippen molar-refractivity contribution in [2.45, 2.75) is 44.2 Å².